The molecule has 0 bridgehead atoms. The first-order valence-corrected chi connectivity index (χ1v) is 9.56. The number of oxime groups is 1. The third-order valence-corrected chi connectivity index (χ3v) is 4.31. The maximum absolute atomic E-state index is 13.0. The van der Waals surface area contributed by atoms with Crippen molar-refractivity contribution in [3.05, 3.63) is 94.3 Å². The van der Waals surface area contributed by atoms with E-state index in [1.54, 1.807) is 30.3 Å². The van der Waals surface area contributed by atoms with Crippen molar-refractivity contribution in [3.8, 4) is 5.75 Å². The number of aryl methyl sites for hydroxylation is 1. The van der Waals surface area contributed by atoms with Crippen molar-refractivity contribution in [2.24, 2.45) is 5.16 Å². The maximum Gasteiger partial charge on any atom is 0.265 e. The van der Waals surface area contributed by atoms with Gasteiger partial charge in [0.2, 0.25) is 0 Å². The topological polar surface area (TPSA) is 59.9 Å². The number of rotatable bonds is 8. The smallest absolute Gasteiger partial charge is 0.265 e. The molecule has 154 valence electrons. The highest BCUT2D eigenvalue weighted by Gasteiger charge is 2.06. The Morgan fingerprint density at radius 1 is 1.10 bits per heavy atom. The zero-order valence-corrected chi connectivity index (χ0v) is 17.0. The second-order valence-electron chi connectivity index (χ2n) is 6.52. The third kappa shape index (κ3) is 6.60. The van der Waals surface area contributed by atoms with Crippen LogP contribution in [0, 0.1) is 12.7 Å². The largest absolute Gasteiger partial charge is 0.488 e. The van der Waals surface area contributed by atoms with Gasteiger partial charge >= 0.3 is 0 Å². The Labute approximate surface area is 179 Å². The second-order valence-corrected chi connectivity index (χ2v) is 6.96. The summed E-state index contributed by atoms with van der Waals surface area (Å²) in [4.78, 5) is 17.0. The Morgan fingerprint density at radius 3 is 2.57 bits per heavy atom. The van der Waals surface area contributed by atoms with Crippen molar-refractivity contribution in [3.63, 3.8) is 0 Å². The number of hydrogen-bond acceptors (Lipinski definition) is 4. The number of carbonyl (C=O) groups excluding carboxylic acids is 1. The van der Waals surface area contributed by atoms with Gasteiger partial charge in [0, 0.05) is 16.3 Å². The van der Waals surface area contributed by atoms with E-state index in [-0.39, 0.29) is 24.9 Å². The van der Waals surface area contributed by atoms with Gasteiger partial charge in [-0.3, -0.25) is 4.79 Å². The Morgan fingerprint density at radius 2 is 1.83 bits per heavy atom. The van der Waals surface area contributed by atoms with Gasteiger partial charge in [-0.15, -0.1) is 0 Å². The fourth-order valence-electron chi connectivity index (χ4n) is 2.52. The van der Waals surface area contributed by atoms with Crippen LogP contribution in [-0.4, -0.2) is 18.7 Å². The summed E-state index contributed by atoms with van der Waals surface area (Å²) in [6.45, 7) is 1.98. The molecule has 0 radical (unpaired) electrons. The van der Waals surface area contributed by atoms with Crippen LogP contribution in [0.2, 0.25) is 5.02 Å². The van der Waals surface area contributed by atoms with Crippen LogP contribution in [0.15, 0.2) is 71.9 Å². The summed E-state index contributed by atoms with van der Waals surface area (Å²) >= 11 is 6.05. The molecule has 3 aromatic rings. The summed E-state index contributed by atoms with van der Waals surface area (Å²) in [6.07, 6.45) is 1.42. The van der Waals surface area contributed by atoms with Crippen LogP contribution in [0.5, 0.6) is 5.75 Å². The normalized spacial score (nSPS) is 10.8. The molecule has 7 heteroatoms. The lowest BCUT2D eigenvalue weighted by atomic mass is 10.2. The van der Waals surface area contributed by atoms with E-state index in [4.69, 9.17) is 21.2 Å². The molecule has 1 N–H and O–H groups in total. The minimum Gasteiger partial charge on any atom is -0.488 e. The van der Waals surface area contributed by atoms with Gasteiger partial charge in [0.05, 0.1) is 6.21 Å². The van der Waals surface area contributed by atoms with Crippen molar-refractivity contribution in [2.75, 3.05) is 11.9 Å². The monoisotopic (exact) mass is 426 g/mol. The van der Waals surface area contributed by atoms with Gasteiger partial charge in [0.1, 0.15) is 18.2 Å². The molecule has 0 fully saturated rings. The van der Waals surface area contributed by atoms with E-state index in [9.17, 15) is 9.18 Å². The van der Waals surface area contributed by atoms with E-state index in [2.05, 4.69) is 10.5 Å². The van der Waals surface area contributed by atoms with E-state index in [1.165, 1.54) is 18.3 Å². The summed E-state index contributed by atoms with van der Waals surface area (Å²) in [5.41, 5.74) is 3.19. The number of nitrogens with zero attached hydrogens (tertiary/aromatic N) is 1. The number of halogens is 2. The quantitative estimate of drug-likeness (QED) is 0.390. The van der Waals surface area contributed by atoms with Crippen molar-refractivity contribution in [2.45, 2.75) is 13.5 Å². The molecule has 5 nitrogen and oxygen atoms in total. The van der Waals surface area contributed by atoms with Gasteiger partial charge in [0.25, 0.3) is 5.91 Å². The second kappa shape index (κ2) is 10.4. The van der Waals surface area contributed by atoms with Crippen molar-refractivity contribution in [1.29, 1.82) is 0 Å². The number of hydrogen-bond donors (Lipinski definition) is 1. The molecule has 0 aliphatic carbocycles. The van der Waals surface area contributed by atoms with Crippen LogP contribution in [-0.2, 0) is 16.2 Å². The van der Waals surface area contributed by atoms with Gasteiger partial charge < -0.3 is 14.9 Å². The first kappa shape index (κ1) is 21.3. The average molecular weight is 427 g/mol. The van der Waals surface area contributed by atoms with Gasteiger partial charge in [-0.05, 0) is 55.0 Å². The van der Waals surface area contributed by atoms with Gasteiger partial charge in [-0.1, -0.05) is 46.6 Å². The van der Waals surface area contributed by atoms with Crippen LogP contribution >= 0.6 is 11.6 Å². The maximum atomic E-state index is 13.0. The highest BCUT2D eigenvalue weighted by atomic mass is 35.5. The van der Waals surface area contributed by atoms with Crippen molar-refractivity contribution in [1.82, 2.24) is 0 Å². The summed E-state index contributed by atoms with van der Waals surface area (Å²) in [5, 5.41) is 7.05. The van der Waals surface area contributed by atoms with Gasteiger partial charge in [-0.2, -0.15) is 0 Å². The molecule has 0 saturated heterocycles. The average Bonchev–Trinajstić information content (AvgIpc) is 2.73. The van der Waals surface area contributed by atoms with Crippen molar-refractivity contribution >= 4 is 29.4 Å². The van der Waals surface area contributed by atoms with Crippen LogP contribution in [0.25, 0.3) is 0 Å². The Balaban J connectivity index is 1.55. The van der Waals surface area contributed by atoms with Gasteiger partial charge in [0.15, 0.2) is 6.61 Å². The molecule has 30 heavy (non-hydrogen) atoms. The standard InChI is InChI=1S/C23H20ClFN2O3/c1-16-2-9-21(10-3-16)27-23(28)15-30-26-13-18-12-19(24)6-11-22(18)29-14-17-4-7-20(25)8-5-17/h2-13H,14-15H2,1H3,(H,27,28)/b26-13+. The van der Waals surface area contributed by atoms with E-state index in [0.29, 0.717) is 22.0 Å². The number of amides is 1. The molecule has 0 aliphatic heterocycles. The Hall–Kier alpha value is -3.38. The van der Waals surface area contributed by atoms with Crippen LogP contribution in [0.4, 0.5) is 10.1 Å². The molecule has 3 aromatic carbocycles. The molecule has 0 aromatic heterocycles. The molecule has 0 heterocycles. The summed E-state index contributed by atoms with van der Waals surface area (Å²) in [6, 6.07) is 18.5. The molecule has 0 aliphatic rings. The lowest BCUT2D eigenvalue weighted by Gasteiger charge is -2.09. The van der Waals surface area contributed by atoms with Crippen LogP contribution in [0.1, 0.15) is 16.7 Å². The Bertz CT molecular complexity index is 1020. The van der Waals surface area contributed by atoms with Gasteiger partial charge in [-0.25, -0.2) is 4.39 Å². The Kier molecular flexibility index (Phi) is 7.40. The van der Waals surface area contributed by atoms with E-state index in [1.807, 2.05) is 31.2 Å². The minimum absolute atomic E-state index is 0.239. The lowest BCUT2D eigenvalue weighted by molar-refractivity contribution is -0.120. The SMILES string of the molecule is Cc1ccc(NC(=O)CO/N=C/c2cc(Cl)ccc2OCc2ccc(F)cc2)cc1. The van der Waals surface area contributed by atoms with Crippen LogP contribution in [0.3, 0.4) is 0 Å². The lowest BCUT2D eigenvalue weighted by Crippen LogP contribution is -2.16. The number of anilines is 1. The summed E-state index contributed by atoms with van der Waals surface area (Å²) in [7, 11) is 0. The molecule has 0 saturated carbocycles. The summed E-state index contributed by atoms with van der Waals surface area (Å²) < 4.78 is 18.8. The fourth-order valence-corrected chi connectivity index (χ4v) is 2.70. The van der Waals surface area contributed by atoms with Crippen molar-refractivity contribution < 1.29 is 18.8 Å². The zero-order valence-electron chi connectivity index (χ0n) is 16.3. The number of ether oxygens (including phenoxy) is 1. The molecular formula is C23H20ClFN2O3. The fraction of sp³-hybridized carbons (Fsp3) is 0.130. The molecule has 1 amide bonds. The van der Waals surface area contributed by atoms with E-state index < -0.39 is 0 Å². The summed E-state index contributed by atoms with van der Waals surface area (Å²) in [5.74, 6) is -0.100. The number of nitrogens with one attached hydrogen (secondary N) is 1. The highest BCUT2D eigenvalue weighted by molar-refractivity contribution is 6.30. The molecule has 0 unspecified atom stereocenters. The highest BCUT2D eigenvalue weighted by Crippen LogP contribution is 2.22. The van der Waals surface area contributed by atoms with Crippen LogP contribution < -0.4 is 10.1 Å². The molecular weight excluding hydrogens is 407 g/mol. The first-order chi connectivity index (χ1) is 14.5. The molecule has 0 atom stereocenters. The number of carbonyl (C=O) groups is 1. The number of benzene rings is 3. The predicted octanol–water partition coefficient (Wildman–Crippen LogP) is 5.36. The van der Waals surface area contributed by atoms with E-state index >= 15 is 0 Å². The van der Waals surface area contributed by atoms with E-state index in [0.717, 1.165) is 11.1 Å². The molecule has 3 rings (SSSR count). The predicted molar refractivity (Wildman–Crippen MR) is 116 cm³/mol. The molecule has 0 spiro atoms. The minimum atomic E-state index is -0.324. The third-order valence-electron chi connectivity index (χ3n) is 4.08. The first-order valence-electron chi connectivity index (χ1n) is 9.18. The zero-order chi connectivity index (χ0) is 21.3.